The molecule has 0 saturated carbocycles. The number of aryl methyl sites for hydroxylation is 1. The normalized spacial score (nSPS) is 17.6. The SMILES string of the molecule is NC(=O)[C@H]1CCCN(CCCn2cnc(-c3ccccc3)c2-c2ccsc2)C1. The van der Waals surface area contributed by atoms with Crippen molar-refractivity contribution < 1.29 is 4.79 Å². The second kappa shape index (κ2) is 8.71. The lowest BCUT2D eigenvalue weighted by atomic mass is 9.97. The van der Waals surface area contributed by atoms with E-state index in [4.69, 9.17) is 10.7 Å². The maximum atomic E-state index is 11.5. The van der Waals surface area contributed by atoms with Gasteiger partial charge in [0.2, 0.25) is 5.91 Å². The number of nitrogens with zero attached hydrogens (tertiary/aromatic N) is 3. The standard InChI is InChI=1S/C22H26N4OS/c23-22(27)18-8-4-10-25(14-18)11-5-12-26-16-24-20(17-6-2-1-3-7-17)21(26)19-9-13-28-15-19/h1-3,6-7,9,13,15-16,18H,4-5,8,10-12,14H2,(H2,23,27)/t18-/m0/s1. The van der Waals surface area contributed by atoms with E-state index in [1.807, 2.05) is 12.4 Å². The molecule has 6 heteroatoms. The molecule has 0 unspecified atom stereocenters. The number of piperidine rings is 1. The molecule has 1 fully saturated rings. The number of likely N-dealkylation sites (tertiary alicyclic amines) is 1. The summed E-state index contributed by atoms with van der Waals surface area (Å²) in [6, 6.07) is 12.5. The van der Waals surface area contributed by atoms with Gasteiger partial charge in [-0.3, -0.25) is 4.79 Å². The Morgan fingerprint density at radius 1 is 1.18 bits per heavy atom. The Hall–Kier alpha value is -2.44. The molecule has 1 aliphatic rings. The largest absolute Gasteiger partial charge is 0.369 e. The van der Waals surface area contributed by atoms with E-state index < -0.39 is 0 Å². The van der Waals surface area contributed by atoms with Crippen LogP contribution in [0.5, 0.6) is 0 Å². The molecular weight excluding hydrogens is 368 g/mol. The quantitative estimate of drug-likeness (QED) is 0.662. The summed E-state index contributed by atoms with van der Waals surface area (Å²) >= 11 is 1.71. The summed E-state index contributed by atoms with van der Waals surface area (Å²) in [4.78, 5) is 18.6. The second-order valence-electron chi connectivity index (χ2n) is 7.41. The van der Waals surface area contributed by atoms with E-state index in [0.29, 0.717) is 0 Å². The van der Waals surface area contributed by atoms with Crippen LogP contribution >= 0.6 is 11.3 Å². The lowest BCUT2D eigenvalue weighted by molar-refractivity contribution is -0.123. The Labute approximate surface area is 169 Å². The van der Waals surface area contributed by atoms with E-state index in [2.05, 4.69) is 50.6 Å². The highest BCUT2D eigenvalue weighted by molar-refractivity contribution is 7.08. The number of rotatable bonds is 7. The fourth-order valence-corrected chi connectivity index (χ4v) is 4.66. The van der Waals surface area contributed by atoms with Gasteiger partial charge >= 0.3 is 0 Å². The third kappa shape index (κ3) is 4.18. The smallest absolute Gasteiger partial charge is 0.221 e. The van der Waals surface area contributed by atoms with Crippen molar-refractivity contribution in [3.8, 4) is 22.5 Å². The lowest BCUT2D eigenvalue weighted by Gasteiger charge is -2.31. The number of primary amides is 1. The molecule has 0 bridgehead atoms. The van der Waals surface area contributed by atoms with Gasteiger partial charge in [-0.1, -0.05) is 30.3 Å². The molecule has 28 heavy (non-hydrogen) atoms. The summed E-state index contributed by atoms with van der Waals surface area (Å²) in [5, 5.41) is 4.29. The Balaban J connectivity index is 1.48. The molecule has 4 rings (SSSR count). The van der Waals surface area contributed by atoms with E-state index in [9.17, 15) is 4.79 Å². The molecule has 1 saturated heterocycles. The summed E-state index contributed by atoms with van der Waals surface area (Å²) in [5.41, 5.74) is 10.1. The predicted octanol–water partition coefficient (Wildman–Crippen LogP) is 3.87. The Morgan fingerprint density at radius 2 is 2.04 bits per heavy atom. The van der Waals surface area contributed by atoms with Gasteiger partial charge in [0.15, 0.2) is 0 Å². The molecule has 1 aromatic carbocycles. The minimum Gasteiger partial charge on any atom is -0.369 e. The average Bonchev–Trinajstić information content (AvgIpc) is 3.38. The van der Waals surface area contributed by atoms with E-state index in [-0.39, 0.29) is 11.8 Å². The number of nitrogens with two attached hydrogens (primary N) is 1. The average molecular weight is 395 g/mol. The van der Waals surface area contributed by atoms with Crippen molar-refractivity contribution in [1.82, 2.24) is 14.5 Å². The third-order valence-electron chi connectivity index (χ3n) is 5.46. The van der Waals surface area contributed by atoms with Gasteiger partial charge in [-0.15, -0.1) is 0 Å². The van der Waals surface area contributed by atoms with E-state index in [1.54, 1.807) is 11.3 Å². The van der Waals surface area contributed by atoms with Crippen LogP contribution in [-0.4, -0.2) is 40.0 Å². The van der Waals surface area contributed by atoms with Gasteiger partial charge in [0.1, 0.15) is 0 Å². The molecule has 1 atom stereocenters. The third-order valence-corrected chi connectivity index (χ3v) is 6.14. The van der Waals surface area contributed by atoms with Crippen molar-refractivity contribution in [2.24, 2.45) is 11.7 Å². The van der Waals surface area contributed by atoms with Crippen LogP contribution in [-0.2, 0) is 11.3 Å². The molecule has 3 heterocycles. The van der Waals surface area contributed by atoms with Gasteiger partial charge < -0.3 is 15.2 Å². The van der Waals surface area contributed by atoms with Gasteiger partial charge in [-0.25, -0.2) is 4.98 Å². The number of carbonyl (C=O) groups is 1. The molecule has 0 aliphatic carbocycles. The topological polar surface area (TPSA) is 64.2 Å². The second-order valence-corrected chi connectivity index (χ2v) is 8.19. The fraction of sp³-hybridized carbons (Fsp3) is 0.364. The molecule has 0 radical (unpaired) electrons. The monoisotopic (exact) mass is 394 g/mol. The van der Waals surface area contributed by atoms with Gasteiger partial charge in [-0.2, -0.15) is 11.3 Å². The highest BCUT2D eigenvalue weighted by atomic mass is 32.1. The number of amides is 1. The number of thiophene rings is 1. The van der Waals surface area contributed by atoms with Crippen molar-refractivity contribution in [3.05, 3.63) is 53.5 Å². The minimum atomic E-state index is -0.161. The van der Waals surface area contributed by atoms with Gasteiger partial charge in [-0.05, 0) is 43.8 Å². The zero-order chi connectivity index (χ0) is 19.3. The first-order valence-corrected chi connectivity index (χ1v) is 10.8. The van der Waals surface area contributed by atoms with Crippen LogP contribution < -0.4 is 5.73 Å². The predicted molar refractivity (Wildman–Crippen MR) is 114 cm³/mol. The van der Waals surface area contributed by atoms with Gasteiger partial charge in [0.05, 0.1) is 23.6 Å². The summed E-state index contributed by atoms with van der Waals surface area (Å²) in [6.07, 6.45) is 4.96. The Morgan fingerprint density at radius 3 is 2.79 bits per heavy atom. The number of aromatic nitrogens is 2. The first kappa shape index (κ1) is 18.9. The summed E-state index contributed by atoms with van der Waals surface area (Å²) in [5.74, 6) is -0.153. The lowest BCUT2D eigenvalue weighted by Crippen LogP contribution is -2.41. The molecule has 0 spiro atoms. The molecule has 146 valence electrons. The summed E-state index contributed by atoms with van der Waals surface area (Å²) in [6.45, 7) is 3.74. The van der Waals surface area contributed by atoms with E-state index >= 15 is 0 Å². The first-order valence-electron chi connectivity index (χ1n) is 9.87. The Bertz CT molecular complexity index is 904. The zero-order valence-corrected chi connectivity index (χ0v) is 16.8. The molecule has 1 amide bonds. The molecule has 5 nitrogen and oxygen atoms in total. The maximum absolute atomic E-state index is 11.5. The zero-order valence-electron chi connectivity index (χ0n) is 16.0. The van der Waals surface area contributed by atoms with Crippen LogP contribution in [0.4, 0.5) is 0 Å². The van der Waals surface area contributed by atoms with Crippen molar-refractivity contribution >= 4 is 17.2 Å². The van der Waals surface area contributed by atoms with Crippen molar-refractivity contribution in [2.75, 3.05) is 19.6 Å². The number of hydrogen-bond acceptors (Lipinski definition) is 4. The molecule has 2 aromatic heterocycles. The van der Waals surface area contributed by atoms with Crippen LogP contribution in [0.25, 0.3) is 22.5 Å². The minimum absolute atomic E-state index is 0.00745. The van der Waals surface area contributed by atoms with E-state index in [1.165, 1.54) is 11.3 Å². The van der Waals surface area contributed by atoms with Crippen LogP contribution in [0, 0.1) is 5.92 Å². The molecular formula is C22H26N4OS. The number of benzene rings is 1. The highest BCUT2D eigenvalue weighted by Crippen LogP contribution is 2.32. The van der Waals surface area contributed by atoms with Gasteiger partial charge in [0, 0.05) is 29.6 Å². The van der Waals surface area contributed by atoms with E-state index in [0.717, 1.165) is 56.7 Å². The van der Waals surface area contributed by atoms with Crippen molar-refractivity contribution in [3.63, 3.8) is 0 Å². The molecule has 2 N–H and O–H groups in total. The van der Waals surface area contributed by atoms with Crippen LogP contribution in [0.1, 0.15) is 19.3 Å². The van der Waals surface area contributed by atoms with Crippen molar-refractivity contribution in [2.45, 2.75) is 25.8 Å². The number of hydrogen-bond donors (Lipinski definition) is 1. The highest BCUT2D eigenvalue weighted by Gasteiger charge is 2.23. The van der Waals surface area contributed by atoms with Crippen molar-refractivity contribution in [1.29, 1.82) is 0 Å². The van der Waals surface area contributed by atoms with Crippen LogP contribution in [0.2, 0.25) is 0 Å². The maximum Gasteiger partial charge on any atom is 0.221 e. The van der Waals surface area contributed by atoms with Crippen LogP contribution in [0.3, 0.4) is 0 Å². The molecule has 1 aliphatic heterocycles. The first-order chi connectivity index (χ1) is 13.7. The van der Waals surface area contributed by atoms with Crippen LogP contribution in [0.15, 0.2) is 53.5 Å². The summed E-state index contributed by atoms with van der Waals surface area (Å²) in [7, 11) is 0. The number of imidazole rings is 1. The molecule has 3 aromatic rings. The fourth-order valence-electron chi connectivity index (χ4n) is 4.02. The van der Waals surface area contributed by atoms with Gasteiger partial charge in [0.25, 0.3) is 0 Å². The summed E-state index contributed by atoms with van der Waals surface area (Å²) < 4.78 is 2.26. The number of carbonyl (C=O) groups excluding carboxylic acids is 1. The Kier molecular flexibility index (Phi) is 5.88.